The summed E-state index contributed by atoms with van der Waals surface area (Å²) in [4.78, 5) is 0.225. The normalized spacial score (nSPS) is 11.9. The number of benzene rings is 2. The molecule has 0 amide bonds. The summed E-state index contributed by atoms with van der Waals surface area (Å²) in [5.41, 5.74) is 1.88. The topological polar surface area (TPSA) is 57.6 Å². The molecule has 0 fully saturated rings. The summed E-state index contributed by atoms with van der Waals surface area (Å²) >= 11 is 6.09. The van der Waals surface area contributed by atoms with Crippen LogP contribution < -0.4 is 0 Å². The van der Waals surface area contributed by atoms with Crippen molar-refractivity contribution in [2.75, 3.05) is 14.1 Å². The Morgan fingerprint density at radius 1 is 1.14 bits per heavy atom. The summed E-state index contributed by atoms with van der Waals surface area (Å²) in [6.07, 6.45) is 0. The van der Waals surface area contributed by atoms with Crippen LogP contribution >= 0.6 is 11.6 Å². The summed E-state index contributed by atoms with van der Waals surface area (Å²) in [6.45, 7) is -0.156. The highest BCUT2D eigenvalue weighted by Gasteiger charge is 2.21. The lowest BCUT2D eigenvalue weighted by atomic mass is 10.0. The van der Waals surface area contributed by atoms with Gasteiger partial charge in [-0.1, -0.05) is 41.9 Å². The molecule has 0 saturated carbocycles. The Hall–Kier alpha value is -1.40. The lowest BCUT2D eigenvalue weighted by Gasteiger charge is -2.15. The van der Waals surface area contributed by atoms with Crippen molar-refractivity contribution >= 4 is 21.6 Å². The van der Waals surface area contributed by atoms with Crippen LogP contribution in [0.2, 0.25) is 5.02 Å². The van der Waals surface area contributed by atoms with Gasteiger partial charge in [-0.3, -0.25) is 0 Å². The van der Waals surface area contributed by atoms with Gasteiger partial charge in [-0.05, 0) is 23.3 Å². The maximum absolute atomic E-state index is 12.4. The van der Waals surface area contributed by atoms with Gasteiger partial charge in [0, 0.05) is 24.7 Å². The second-order valence-electron chi connectivity index (χ2n) is 4.75. The third-order valence-electron chi connectivity index (χ3n) is 3.18. The average Bonchev–Trinajstić information content (AvgIpc) is 2.47. The summed E-state index contributed by atoms with van der Waals surface area (Å²) < 4.78 is 26.0. The van der Waals surface area contributed by atoms with Crippen LogP contribution in [0.3, 0.4) is 0 Å². The lowest BCUT2D eigenvalue weighted by molar-refractivity contribution is 0.282. The van der Waals surface area contributed by atoms with E-state index < -0.39 is 10.0 Å². The number of hydrogen-bond acceptors (Lipinski definition) is 3. The molecule has 0 aliphatic heterocycles. The van der Waals surface area contributed by atoms with Gasteiger partial charge in [0.15, 0.2) is 0 Å². The molecule has 0 aliphatic carbocycles. The van der Waals surface area contributed by atoms with Gasteiger partial charge in [0.05, 0.1) is 11.5 Å². The van der Waals surface area contributed by atoms with Gasteiger partial charge in [-0.2, -0.15) is 0 Å². The molecule has 0 aliphatic rings. The number of sulfonamides is 1. The van der Waals surface area contributed by atoms with E-state index in [2.05, 4.69) is 0 Å². The summed E-state index contributed by atoms with van der Waals surface area (Å²) in [5, 5.41) is 9.56. The molecule has 0 saturated heterocycles. The minimum Gasteiger partial charge on any atom is -0.392 e. The molecule has 2 rings (SSSR count). The van der Waals surface area contributed by atoms with Crippen LogP contribution in [0.4, 0.5) is 0 Å². The predicted octanol–water partition coefficient (Wildman–Crippen LogP) is 2.75. The molecule has 4 nitrogen and oxygen atoms in total. The van der Waals surface area contributed by atoms with Crippen molar-refractivity contribution in [2.45, 2.75) is 11.5 Å². The monoisotopic (exact) mass is 325 g/mol. The Labute approximate surface area is 129 Å². The van der Waals surface area contributed by atoms with E-state index in [0.717, 1.165) is 0 Å². The van der Waals surface area contributed by atoms with Crippen molar-refractivity contribution < 1.29 is 13.5 Å². The van der Waals surface area contributed by atoms with Gasteiger partial charge in [-0.15, -0.1) is 0 Å². The fourth-order valence-electron chi connectivity index (χ4n) is 1.97. The molecule has 0 heterocycles. The van der Waals surface area contributed by atoms with E-state index in [1.54, 1.807) is 42.5 Å². The fraction of sp³-hybridized carbons (Fsp3) is 0.200. The van der Waals surface area contributed by atoms with Crippen molar-refractivity contribution in [1.29, 1.82) is 0 Å². The first-order valence-electron chi connectivity index (χ1n) is 6.29. The van der Waals surface area contributed by atoms with E-state index in [-0.39, 0.29) is 11.5 Å². The number of aliphatic hydroxyl groups excluding tert-OH is 1. The summed E-state index contributed by atoms with van der Waals surface area (Å²) in [7, 11) is -0.555. The van der Waals surface area contributed by atoms with Crippen LogP contribution in [0.25, 0.3) is 11.1 Å². The van der Waals surface area contributed by atoms with Crippen LogP contribution in [0.15, 0.2) is 47.4 Å². The molecule has 21 heavy (non-hydrogen) atoms. The van der Waals surface area contributed by atoms with Crippen LogP contribution in [0, 0.1) is 0 Å². The highest BCUT2D eigenvalue weighted by Crippen LogP contribution is 2.31. The third-order valence-corrected chi connectivity index (χ3v) is 5.41. The molecule has 112 valence electrons. The number of rotatable bonds is 4. The van der Waals surface area contributed by atoms with Crippen LogP contribution in [0.5, 0.6) is 0 Å². The van der Waals surface area contributed by atoms with E-state index in [1.807, 2.05) is 0 Å². The number of halogens is 1. The first kappa shape index (κ1) is 16.0. The second kappa shape index (κ2) is 6.15. The first-order chi connectivity index (χ1) is 9.87. The Balaban J connectivity index is 2.64. The van der Waals surface area contributed by atoms with Crippen molar-refractivity contribution in [3.63, 3.8) is 0 Å². The Morgan fingerprint density at radius 2 is 1.81 bits per heavy atom. The third kappa shape index (κ3) is 3.11. The standard InChI is InChI=1S/C15H16ClNO3S/c1-17(2)21(19,20)15-6-4-3-5-13(15)11-7-8-12(10-18)14(16)9-11/h3-9,18H,10H2,1-2H3. The minimum absolute atomic E-state index is 0.156. The molecule has 1 N–H and O–H groups in total. The van der Waals surface area contributed by atoms with E-state index in [0.29, 0.717) is 21.7 Å². The fourth-order valence-corrected chi connectivity index (χ4v) is 3.32. The summed E-state index contributed by atoms with van der Waals surface area (Å²) in [5.74, 6) is 0. The largest absolute Gasteiger partial charge is 0.392 e. The SMILES string of the molecule is CN(C)S(=O)(=O)c1ccccc1-c1ccc(CO)c(Cl)c1. The molecule has 0 radical (unpaired) electrons. The highest BCUT2D eigenvalue weighted by molar-refractivity contribution is 7.89. The molecule has 0 spiro atoms. The molecule has 6 heteroatoms. The molecule has 2 aromatic rings. The van der Waals surface area contributed by atoms with Gasteiger partial charge in [0.1, 0.15) is 0 Å². The molecule has 0 unspecified atom stereocenters. The smallest absolute Gasteiger partial charge is 0.243 e. The van der Waals surface area contributed by atoms with Crippen LogP contribution in [-0.4, -0.2) is 31.9 Å². The van der Waals surface area contributed by atoms with E-state index in [9.17, 15) is 8.42 Å². The first-order valence-corrected chi connectivity index (χ1v) is 8.11. The van der Waals surface area contributed by atoms with Gasteiger partial charge >= 0.3 is 0 Å². The lowest BCUT2D eigenvalue weighted by Crippen LogP contribution is -2.22. The molecular weight excluding hydrogens is 310 g/mol. The number of nitrogens with zero attached hydrogens (tertiary/aromatic N) is 1. The van der Waals surface area contributed by atoms with Gasteiger partial charge in [0.25, 0.3) is 0 Å². The van der Waals surface area contributed by atoms with Gasteiger partial charge in [-0.25, -0.2) is 12.7 Å². The Morgan fingerprint density at radius 3 is 2.38 bits per heavy atom. The predicted molar refractivity (Wildman–Crippen MR) is 83.7 cm³/mol. The molecular formula is C15H16ClNO3S. The zero-order valence-corrected chi connectivity index (χ0v) is 13.3. The van der Waals surface area contributed by atoms with E-state index >= 15 is 0 Å². The number of hydrogen-bond donors (Lipinski definition) is 1. The van der Waals surface area contributed by atoms with Crippen molar-refractivity contribution in [3.05, 3.63) is 53.1 Å². The quantitative estimate of drug-likeness (QED) is 0.940. The van der Waals surface area contributed by atoms with Crippen molar-refractivity contribution in [3.8, 4) is 11.1 Å². The zero-order valence-electron chi connectivity index (χ0n) is 11.7. The van der Waals surface area contributed by atoms with Crippen molar-refractivity contribution in [2.24, 2.45) is 0 Å². The maximum atomic E-state index is 12.4. The molecule has 0 bridgehead atoms. The minimum atomic E-state index is -3.54. The average molecular weight is 326 g/mol. The Bertz CT molecular complexity index is 757. The zero-order chi connectivity index (χ0) is 15.6. The second-order valence-corrected chi connectivity index (χ2v) is 7.28. The van der Waals surface area contributed by atoms with Crippen LogP contribution in [-0.2, 0) is 16.6 Å². The maximum Gasteiger partial charge on any atom is 0.243 e. The van der Waals surface area contributed by atoms with Gasteiger partial charge in [0.2, 0.25) is 10.0 Å². The molecule has 2 aromatic carbocycles. The van der Waals surface area contributed by atoms with Crippen molar-refractivity contribution in [1.82, 2.24) is 4.31 Å². The number of aliphatic hydroxyl groups is 1. The van der Waals surface area contributed by atoms with E-state index in [4.69, 9.17) is 16.7 Å². The summed E-state index contributed by atoms with van der Waals surface area (Å²) in [6, 6.07) is 11.9. The Kier molecular flexibility index (Phi) is 4.68. The molecule has 0 atom stereocenters. The highest BCUT2D eigenvalue weighted by atomic mass is 35.5. The molecule has 0 aromatic heterocycles. The van der Waals surface area contributed by atoms with Crippen LogP contribution in [0.1, 0.15) is 5.56 Å². The van der Waals surface area contributed by atoms with Gasteiger partial charge < -0.3 is 5.11 Å². The van der Waals surface area contributed by atoms with E-state index in [1.165, 1.54) is 18.4 Å².